The third kappa shape index (κ3) is 3.46. The van der Waals surface area contributed by atoms with Crippen LogP contribution in [0.4, 0.5) is 10.1 Å². The van der Waals surface area contributed by atoms with Crippen molar-refractivity contribution in [2.75, 3.05) is 11.9 Å². The lowest BCUT2D eigenvalue weighted by Gasteiger charge is -2.20. The molecule has 1 unspecified atom stereocenters. The second-order valence-electron chi connectivity index (χ2n) is 4.44. The van der Waals surface area contributed by atoms with Crippen LogP contribution in [-0.2, 0) is 0 Å². The van der Waals surface area contributed by atoms with E-state index in [2.05, 4.69) is 5.32 Å². The van der Waals surface area contributed by atoms with E-state index in [9.17, 15) is 4.39 Å². The fourth-order valence-corrected chi connectivity index (χ4v) is 2.12. The first kappa shape index (κ1) is 13.8. The van der Waals surface area contributed by atoms with Crippen molar-refractivity contribution in [1.82, 2.24) is 0 Å². The van der Waals surface area contributed by atoms with Gasteiger partial charge in [0, 0.05) is 17.3 Å². The minimum absolute atomic E-state index is 0.128. The van der Waals surface area contributed by atoms with Crippen molar-refractivity contribution in [1.29, 1.82) is 0 Å². The summed E-state index contributed by atoms with van der Waals surface area (Å²) in [5, 5.41) is 3.97. The van der Waals surface area contributed by atoms with Crippen LogP contribution in [0, 0.1) is 12.7 Å². The van der Waals surface area contributed by atoms with E-state index >= 15 is 0 Å². The quantitative estimate of drug-likeness (QED) is 0.890. The second-order valence-corrected chi connectivity index (χ2v) is 4.88. The molecule has 0 saturated heterocycles. The molecule has 0 aliphatic heterocycles. The van der Waals surface area contributed by atoms with Gasteiger partial charge in [0.15, 0.2) is 0 Å². The standard InChI is InChI=1S/C15H16ClFN2/c1-10-2-5-12(17)8-14(10)15(9-18)19-13-6-3-11(16)4-7-13/h2-8,15,19H,9,18H2,1H3. The lowest BCUT2D eigenvalue weighted by Crippen LogP contribution is -2.21. The molecule has 0 aromatic heterocycles. The monoisotopic (exact) mass is 278 g/mol. The van der Waals surface area contributed by atoms with Gasteiger partial charge in [-0.05, 0) is 54.4 Å². The van der Waals surface area contributed by atoms with Gasteiger partial charge in [0.05, 0.1) is 6.04 Å². The average Bonchev–Trinajstić information content (AvgIpc) is 2.41. The first-order valence-corrected chi connectivity index (χ1v) is 6.46. The Bertz CT molecular complexity index is 555. The first-order valence-electron chi connectivity index (χ1n) is 6.08. The first-order chi connectivity index (χ1) is 9.10. The zero-order valence-electron chi connectivity index (χ0n) is 10.7. The van der Waals surface area contributed by atoms with Crippen molar-refractivity contribution in [3.05, 3.63) is 64.4 Å². The molecule has 0 bridgehead atoms. The van der Waals surface area contributed by atoms with Crippen LogP contribution in [-0.4, -0.2) is 6.54 Å². The largest absolute Gasteiger partial charge is 0.377 e. The van der Waals surface area contributed by atoms with Crippen LogP contribution >= 0.6 is 11.6 Å². The average molecular weight is 279 g/mol. The maximum Gasteiger partial charge on any atom is 0.123 e. The minimum atomic E-state index is -0.253. The molecule has 2 nitrogen and oxygen atoms in total. The SMILES string of the molecule is Cc1ccc(F)cc1C(CN)Nc1ccc(Cl)cc1. The third-order valence-corrected chi connectivity index (χ3v) is 3.29. The van der Waals surface area contributed by atoms with Gasteiger partial charge in [-0.3, -0.25) is 0 Å². The lowest BCUT2D eigenvalue weighted by molar-refractivity contribution is 0.621. The van der Waals surface area contributed by atoms with Gasteiger partial charge in [-0.25, -0.2) is 4.39 Å². The molecule has 19 heavy (non-hydrogen) atoms. The van der Waals surface area contributed by atoms with E-state index < -0.39 is 0 Å². The summed E-state index contributed by atoms with van der Waals surface area (Å²) in [5.74, 6) is -0.253. The molecule has 0 aliphatic rings. The fourth-order valence-electron chi connectivity index (χ4n) is 2.00. The molecule has 3 N–H and O–H groups in total. The van der Waals surface area contributed by atoms with Crippen molar-refractivity contribution < 1.29 is 4.39 Å². The molecular formula is C15H16ClFN2. The molecule has 100 valence electrons. The molecule has 0 spiro atoms. The Morgan fingerprint density at radius 1 is 1.21 bits per heavy atom. The van der Waals surface area contributed by atoms with E-state index in [-0.39, 0.29) is 11.9 Å². The van der Waals surface area contributed by atoms with E-state index in [4.69, 9.17) is 17.3 Å². The van der Waals surface area contributed by atoms with Gasteiger partial charge in [-0.1, -0.05) is 17.7 Å². The van der Waals surface area contributed by atoms with Gasteiger partial charge in [-0.15, -0.1) is 0 Å². The van der Waals surface area contributed by atoms with Gasteiger partial charge < -0.3 is 11.1 Å². The summed E-state index contributed by atoms with van der Waals surface area (Å²) in [4.78, 5) is 0. The summed E-state index contributed by atoms with van der Waals surface area (Å²) in [7, 11) is 0. The molecule has 0 saturated carbocycles. The molecular weight excluding hydrogens is 263 g/mol. The highest BCUT2D eigenvalue weighted by molar-refractivity contribution is 6.30. The molecule has 2 aromatic rings. The number of hydrogen-bond donors (Lipinski definition) is 2. The predicted molar refractivity (Wildman–Crippen MR) is 78.0 cm³/mol. The molecule has 0 heterocycles. The van der Waals surface area contributed by atoms with Crippen molar-refractivity contribution >= 4 is 17.3 Å². The van der Waals surface area contributed by atoms with Crippen LogP contribution in [0.3, 0.4) is 0 Å². The van der Waals surface area contributed by atoms with Crippen molar-refractivity contribution in [3.8, 4) is 0 Å². The number of halogens is 2. The Kier molecular flexibility index (Phi) is 4.40. The van der Waals surface area contributed by atoms with Crippen LogP contribution in [0.2, 0.25) is 5.02 Å². The van der Waals surface area contributed by atoms with Gasteiger partial charge in [0.25, 0.3) is 0 Å². The van der Waals surface area contributed by atoms with Crippen LogP contribution in [0.25, 0.3) is 0 Å². The Balaban J connectivity index is 2.24. The smallest absolute Gasteiger partial charge is 0.123 e. The second kappa shape index (κ2) is 6.04. The molecule has 0 aliphatic carbocycles. The topological polar surface area (TPSA) is 38.0 Å². The van der Waals surface area contributed by atoms with Gasteiger partial charge >= 0.3 is 0 Å². The third-order valence-electron chi connectivity index (χ3n) is 3.04. The fraction of sp³-hybridized carbons (Fsp3) is 0.200. The number of anilines is 1. The Morgan fingerprint density at radius 3 is 2.53 bits per heavy atom. The van der Waals surface area contributed by atoms with Crippen LogP contribution in [0.15, 0.2) is 42.5 Å². The van der Waals surface area contributed by atoms with Gasteiger partial charge in [0.1, 0.15) is 5.82 Å². The zero-order valence-corrected chi connectivity index (χ0v) is 11.4. The molecule has 1 atom stereocenters. The maximum atomic E-state index is 13.3. The van der Waals surface area contributed by atoms with Crippen LogP contribution in [0.5, 0.6) is 0 Å². The maximum absolute atomic E-state index is 13.3. The molecule has 2 rings (SSSR count). The summed E-state index contributed by atoms with van der Waals surface area (Å²) < 4.78 is 13.3. The summed E-state index contributed by atoms with van der Waals surface area (Å²) in [5.41, 5.74) is 8.58. The van der Waals surface area contributed by atoms with E-state index in [1.54, 1.807) is 18.2 Å². The number of nitrogens with one attached hydrogen (secondary N) is 1. The number of nitrogens with two attached hydrogens (primary N) is 1. The van der Waals surface area contributed by atoms with Crippen molar-refractivity contribution in [3.63, 3.8) is 0 Å². The van der Waals surface area contributed by atoms with Gasteiger partial charge in [-0.2, -0.15) is 0 Å². The summed E-state index contributed by atoms with van der Waals surface area (Å²) in [6, 6.07) is 12.0. The van der Waals surface area contributed by atoms with E-state index in [0.717, 1.165) is 16.8 Å². The summed E-state index contributed by atoms with van der Waals surface area (Å²) >= 11 is 5.84. The molecule has 0 radical (unpaired) electrons. The zero-order chi connectivity index (χ0) is 13.8. The van der Waals surface area contributed by atoms with Gasteiger partial charge in [0.2, 0.25) is 0 Å². The predicted octanol–water partition coefficient (Wildman–Crippen LogP) is 3.90. The van der Waals surface area contributed by atoms with Crippen molar-refractivity contribution in [2.24, 2.45) is 5.73 Å². The van der Waals surface area contributed by atoms with E-state index in [1.807, 2.05) is 19.1 Å². The number of hydrogen-bond acceptors (Lipinski definition) is 2. The molecule has 0 fully saturated rings. The Labute approximate surface area is 117 Å². The highest BCUT2D eigenvalue weighted by atomic mass is 35.5. The number of rotatable bonds is 4. The summed E-state index contributed by atoms with van der Waals surface area (Å²) in [6.07, 6.45) is 0. The highest BCUT2D eigenvalue weighted by Gasteiger charge is 2.13. The van der Waals surface area contributed by atoms with E-state index in [0.29, 0.717) is 11.6 Å². The number of benzene rings is 2. The lowest BCUT2D eigenvalue weighted by atomic mass is 10.0. The molecule has 2 aromatic carbocycles. The van der Waals surface area contributed by atoms with Crippen LogP contribution in [0.1, 0.15) is 17.2 Å². The highest BCUT2D eigenvalue weighted by Crippen LogP contribution is 2.23. The minimum Gasteiger partial charge on any atom is -0.377 e. The van der Waals surface area contributed by atoms with Crippen LogP contribution < -0.4 is 11.1 Å². The summed E-state index contributed by atoms with van der Waals surface area (Å²) in [6.45, 7) is 2.33. The van der Waals surface area contributed by atoms with Crippen molar-refractivity contribution in [2.45, 2.75) is 13.0 Å². The Morgan fingerprint density at radius 2 is 1.89 bits per heavy atom. The number of aryl methyl sites for hydroxylation is 1. The van der Waals surface area contributed by atoms with E-state index in [1.165, 1.54) is 12.1 Å². The molecule has 0 amide bonds. The molecule has 4 heteroatoms. The normalized spacial score (nSPS) is 12.2. The Hall–Kier alpha value is -1.58.